The normalized spacial score (nSPS) is 15.0. The molecule has 3 rings (SSSR count). The standard InChI is InChI=1S/C19H21F3N2O3/c1-13-6-9-17(26-13)12-24(15-4-2-3-5-15)18(25)23-14-7-10-16(11-8-14)27-19(20,21)22/h6-11,15H,2-5,12H2,1H3,(H,23,25). The number of nitrogens with one attached hydrogen (secondary N) is 1. The van der Waals surface area contributed by atoms with Gasteiger partial charge in [-0.05, 0) is 56.2 Å². The lowest BCUT2D eigenvalue weighted by molar-refractivity contribution is -0.274. The fourth-order valence-electron chi connectivity index (χ4n) is 3.26. The molecule has 0 spiro atoms. The first-order valence-corrected chi connectivity index (χ1v) is 8.79. The summed E-state index contributed by atoms with van der Waals surface area (Å²) in [4.78, 5) is 14.5. The van der Waals surface area contributed by atoms with Gasteiger partial charge in [-0.15, -0.1) is 13.2 Å². The summed E-state index contributed by atoms with van der Waals surface area (Å²) in [6.07, 6.45) is -0.771. The average Bonchev–Trinajstić information content (AvgIpc) is 3.24. The van der Waals surface area contributed by atoms with E-state index in [9.17, 15) is 18.0 Å². The Labute approximate surface area is 155 Å². The van der Waals surface area contributed by atoms with Crippen molar-refractivity contribution >= 4 is 11.7 Å². The van der Waals surface area contributed by atoms with Crippen LogP contribution in [0.2, 0.25) is 0 Å². The predicted octanol–water partition coefficient (Wildman–Crippen LogP) is 5.46. The number of aryl methyl sites for hydroxylation is 1. The van der Waals surface area contributed by atoms with Gasteiger partial charge in [0.2, 0.25) is 0 Å². The number of carbonyl (C=O) groups is 1. The van der Waals surface area contributed by atoms with E-state index in [0.29, 0.717) is 18.0 Å². The van der Waals surface area contributed by atoms with Gasteiger partial charge in [-0.3, -0.25) is 0 Å². The summed E-state index contributed by atoms with van der Waals surface area (Å²) in [6, 6.07) is 8.58. The molecule has 1 heterocycles. The van der Waals surface area contributed by atoms with Crippen molar-refractivity contribution in [3.8, 4) is 5.75 Å². The number of carbonyl (C=O) groups excluding carboxylic acids is 1. The minimum absolute atomic E-state index is 0.114. The molecule has 146 valence electrons. The van der Waals surface area contributed by atoms with Crippen LogP contribution in [-0.4, -0.2) is 23.3 Å². The van der Waals surface area contributed by atoms with Crippen LogP contribution in [0, 0.1) is 6.92 Å². The highest BCUT2D eigenvalue weighted by Gasteiger charge is 2.31. The molecule has 8 heteroatoms. The first-order chi connectivity index (χ1) is 12.8. The van der Waals surface area contributed by atoms with Crippen molar-refractivity contribution in [3.63, 3.8) is 0 Å². The molecule has 1 aromatic carbocycles. The molecule has 0 atom stereocenters. The molecule has 1 aliphatic rings. The Balaban J connectivity index is 1.68. The number of rotatable bonds is 5. The van der Waals surface area contributed by atoms with E-state index in [0.717, 1.165) is 31.4 Å². The van der Waals surface area contributed by atoms with Crippen LogP contribution in [-0.2, 0) is 6.54 Å². The van der Waals surface area contributed by atoms with E-state index in [2.05, 4.69) is 10.1 Å². The maximum atomic E-state index is 12.8. The minimum atomic E-state index is -4.74. The lowest BCUT2D eigenvalue weighted by Gasteiger charge is -2.28. The molecule has 2 aromatic rings. The number of halogens is 3. The van der Waals surface area contributed by atoms with E-state index >= 15 is 0 Å². The second kappa shape index (κ2) is 7.94. The summed E-state index contributed by atoms with van der Waals surface area (Å²) in [5.41, 5.74) is 0.396. The summed E-state index contributed by atoms with van der Waals surface area (Å²) in [6.45, 7) is 2.19. The zero-order chi connectivity index (χ0) is 19.4. The number of anilines is 1. The van der Waals surface area contributed by atoms with Crippen LogP contribution >= 0.6 is 0 Å². The van der Waals surface area contributed by atoms with Gasteiger partial charge in [-0.2, -0.15) is 0 Å². The van der Waals surface area contributed by atoms with Crippen LogP contribution in [0.15, 0.2) is 40.8 Å². The van der Waals surface area contributed by atoms with Crippen molar-refractivity contribution in [3.05, 3.63) is 47.9 Å². The number of amides is 2. The number of hydrogen-bond acceptors (Lipinski definition) is 3. The Morgan fingerprint density at radius 1 is 1.19 bits per heavy atom. The van der Waals surface area contributed by atoms with Crippen molar-refractivity contribution < 1.29 is 27.1 Å². The molecule has 1 aliphatic carbocycles. The van der Waals surface area contributed by atoms with Crippen LogP contribution in [0.25, 0.3) is 0 Å². The first-order valence-electron chi connectivity index (χ1n) is 8.79. The predicted molar refractivity (Wildman–Crippen MR) is 93.4 cm³/mol. The Bertz CT molecular complexity index is 765. The van der Waals surface area contributed by atoms with Crippen molar-refractivity contribution in [2.75, 3.05) is 5.32 Å². The Kier molecular flexibility index (Phi) is 5.62. The smallest absolute Gasteiger partial charge is 0.464 e. The van der Waals surface area contributed by atoms with Gasteiger partial charge in [0.05, 0.1) is 6.54 Å². The largest absolute Gasteiger partial charge is 0.573 e. The molecule has 0 bridgehead atoms. The fraction of sp³-hybridized carbons (Fsp3) is 0.421. The number of alkyl halides is 3. The molecule has 0 aliphatic heterocycles. The molecular weight excluding hydrogens is 361 g/mol. The molecule has 27 heavy (non-hydrogen) atoms. The third-order valence-electron chi connectivity index (χ3n) is 4.49. The van der Waals surface area contributed by atoms with Crippen LogP contribution in [0.3, 0.4) is 0 Å². The zero-order valence-electron chi connectivity index (χ0n) is 14.9. The van der Waals surface area contributed by atoms with E-state index in [1.807, 2.05) is 19.1 Å². The summed E-state index contributed by atoms with van der Waals surface area (Å²) in [7, 11) is 0. The highest BCUT2D eigenvalue weighted by molar-refractivity contribution is 5.89. The average molecular weight is 382 g/mol. The van der Waals surface area contributed by atoms with E-state index < -0.39 is 6.36 Å². The molecule has 0 saturated heterocycles. The number of hydrogen-bond donors (Lipinski definition) is 1. The number of furan rings is 1. The highest BCUT2D eigenvalue weighted by Crippen LogP contribution is 2.27. The monoisotopic (exact) mass is 382 g/mol. The van der Waals surface area contributed by atoms with Crippen LogP contribution in [0.5, 0.6) is 5.75 Å². The van der Waals surface area contributed by atoms with E-state index in [-0.39, 0.29) is 17.8 Å². The van der Waals surface area contributed by atoms with Gasteiger partial charge >= 0.3 is 12.4 Å². The van der Waals surface area contributed by atoms with Gasteiger partial charge in [-0.25, -0.2) is 4.79 Å². The van der Waals surface area contributed by atoms with E-state index in [1.165, 1.54) is 24.3 Å². The van der Waals surface area contributed by atoms with Gasteiger partial charge in [0.25, 0.3) is 0 Å². The molecule has 1 aromatic heterocycles. The molecule has 2 amide bonds. The van der Waals surface area contributed by atoms with Crippen molar-refractivity contribution in [1.29, 1.82) is 0 Å². The SMILES string of the molecule is Cc1ccc(CN(C(=O)Nc2ccc(OC(F)(F)F)cc2)C2CCCC2)o1. The van der Waals surface area contributed by atoms with Crippen molar-refractivity contribution in [2.24, 2.45) is 0 Å². The van der Waals surface area contributed by atoms with E-state index in [1.54, 1.807) is 4.90 Å². The van der Waals surface area contributed by atoms with Crippen molar-refractivity contribution in [2.45, 2.75) is 51.6 Å². The maximum absolute atomic E-state index is 12.8. The van der Waals surface area contributed by atoms with Crippen LogP contribution in [0.1, 0.15) is 37.2 Å². The lowest BCUT2D eigenvalue weighted by Crippen LogP contribution is -2.41. The molecule has 0 radical (unpaired) electrons. The summed E-state index contributed by atoms with van der Waals surface area (Å²) in [5.74, 6) is 1.14. The van der Waals surface area contributed by atoms with Gasteiger partial charge in [-0.1, -0.05) is 12.8 Å². The number of nitrogens with zero attached hydrogens (tertiary/aromatic N) is 1. The van der Waals surface area contributed by atoms with Gasteiger partial charge in [0.15, 0.2) is 0 Å². The Hall–Kier alpha value is -2.64. The topological polar surface area (TPSA) is 54.7 Å². The summed E-state index contributed by atoms with van der Waals surface area (Å²) < 4.78 is 46.1. The Morgan fingerprint density at radius 2 is 1.85 bits per heavy atom. The highest BCUT2D eigenvalue weighted by atomic mass is 19.4. The van der Waals surface area contributed by atoms with Gasteiger partial charge in [0.1, 0.15) is 17.3 Å². The summed E-state index contributed by atoms with van der Waals surface area (Å²) >= 11 is 0. The number of benzene rings is 1. The third kappa shape index (κ3) is 5.42. The minimum Gasteiger partial charge on any atom is -0.464 e. The first kappa shape index (κ1) is 19.1. The molecule has 0 unspecified atom stereocenters. The second-order valence-corrected chi connectivity index (χ2v) is 6.58. The third-order valence-corrected chi connectivity index (χ3v) is 4.49. The molecule has 1 N–H and O–H groups in total. The second-order valence-electron chi connectivity index (χ2n) is 6.58. The van der Waals surface area contributed by atoms with E-state index in [4.69, 9.17) is 4.42 Å². The molecule has 5 nitrogen and oxygen atoms in total. The maximum Gasteiger partial charge on any atom is 0.573 e. The number of ether oxygens (including phenoxy) is 1. The molecular formula is C19H21F3N2O3. The van der Waals surface area contributed by atoms with Gasteiger partial charge in [0, 0.05) is 11.7 Å². The zero-order valence-corrected chi connectivity index (χ0v) is 14.9. The van der Waals surface area contributed by atoms with Gasteiger partial charge < -0.3 is 19.4 Å². The molecule has 1 fully saturated rings. The fourth-order valence-corrected chi connectivity index (χ4v) is 3.26. The van der Waals surface area contributed by atoms with Crippen LogP contribution < -0.4 is 10.1 Å². The lowest BCUT2D eigenvalue weighted by atomic mass is 10.2. The number of urea groups is 1. The van der Waals surface area contributed by atoms with Crippen LogP contribution in [0.4, 0.5) is 23.7 Å². The Morgan fingerprint density at radius 3 is 2.41 bits per heavy atom. The quantitative estimate of drug-likeness (QED) is 0.747. The molecule has 1 saturated carbocycles. The summed E-state index contributed by atoms with van der Waals surface area (Å²) in [5, 5.41) is 2.74. The van der Waals surface area contributed by atoms with Crippen molar-refractivity contribution in [1.82, 2.24) is 4.90 Å².